The molecule has 0 radical (unpaired) electrons. The summed E-state index contributed by atoms with van der Waals surface area (Å²) in [6, 6.07) is 0. The van der Waals surface area contributed by atoms with Gasteiger partial charge in [-0.15, -0.1) is 0 Å². The summed E-state index contributed by atoms with van der Waals surface area (Å²) in [5.74, 6) is -0.730. The summed E-state index contributed by atoms with van der Waals surface area (Å²) in [6.45, 7) is 9.61. The number of hydrogen-bond acceptors (Lipinski definition) is 1. The number of carbonyl (C=O) groups excluding carboxylic acids is 1. The zero-order valence-corrected chi connectivity index (χ0v) is 6.78. The van der Waals surface area contributed by atoms with Gasteiger partial charge < -0.3 is 0 Å². The van der Waals surface area contributed by atoms with Gasteiger partial charge in [0.05, 0.1) is 0 Å². The van der Waals surface area contributed by atoms with E-state index in [0.29, 0.717) is 5.57 Å². The first kappa shape index (κ1) is 9.82. The van der Waals surface area contributed by atoms with Crippen molar-refractivity contribution in [2.45, 2.75) is 13.8 Å². The fraction of sp³-hybridized carbons (Fsp3) is 0.222. The molecule has 2 heteroatoms. The molecule has 0 atom stereocenters. The lowest BCUT2D eigenvalue weighted by Crippen LogP contribution is -1.91. The number of rotatable bonds is 3. The Hall–Kier alpha value is -1.18. The van der Waals surface area contributed by atoms with Crippen molar-refractivity contribution in [1.82, 2.24) is 0 Å². The van der Waals surface area contributed by atoms with Gasteiger partial charge in [0.25, 0.3) is 0 Å². The van der Waals surface area contributed by atoms with E-state index in [1.165, 1.54) is 13.8 Å². The summed E-state index contributed by atoms with van der Waals surface area (Å²) >= 11 is 0. The normalized spacial score (nSPS) is 11.0. The molecule has 1 nitrogen and oxygen atoms in total. The van der Waals surface area contributed by atoms with E-state index in [2.05, 4.69) is 13.2 Å². The van der Waals surface area contributed by atoms with Crippen LogP contribution in [0.1, 0.15) is 13.8 Å². The Morgan fingerprint density at radius 1 is 1.36 bits per heavy atom. The van der Waals surface area contributed by atoms with E-state index in [1.807, 2.05) is 0 Å². The average molecular weight is 154 g/mol. The van der Waals surface area contributed by atoms with E-state index < -0.39 is 5.83 Å². The third kappa shape index (κ3) is 3.50. The van der Waals surface area contributed by atoms with Crippen molar-refractivity contribution in [3.05, 3.63) is 36.2 Å². The Labute approximate surface area is 65.9 Å². The van der Waals surface area contributed by atoms with Crippen molar-refractivity contribution >= 4 is 5.78 Å². The van der Waals surface area contributed by atoms with Crippen molar-refractivity contribution in [1.29, 1.82) is 0 Å². The van der Waals surface area contributed by atoms with Crippen LogP contribution in [0.5, 0.6) is 0 Å². The van der Waals surface area contributed by atoms with E-state index in [0.717, 1.165) is 6.08 Å². The molecule has 0 spiro atoms. The quantitative estimate of drug-likeness (QED) is 0.451. The van der Waals surface area contributed by atoms with Gasteiger partial charge in [-0.05, 0) is 25.5 Å². The molecule has 0 saturated heterocycles. The lowest BCUT2D eigenvalue weighted by atomic mass is 10.1. The zero-order valence-electron chi connectivity index (χ0n) is 6.78. The minimum absolute atomic E-state index is 0.158. The number of carbonyl (C=O) groups is 1. The van der Waals surface area contributed by atoms with E-state index in [1.54, 1.807) is 0 Å². The monoisotopic (exact) mass is 154 g/mol. The van der Waals surface area contributed by atoms with Crippen molar-refractivity contribution in [2.24, 2.45) is 0 Å². The van der Waals surface area contributed by atoms with Crippen molar-refractivity contribution in [2.75, 3.05) is 0 Å². The Morgan fingerprint density at radius 2 is 1.82 bits per heavy atom. The maximum Gasteiger partial charge on any atom is 0.159 e. The van der Waals surface area contributed by atoms with Gasteiger partial charge in [-0.3, -0.25) is 4.79 Å². The van der Waals surface area contributed by atoms with Gasteiger partial charge in [-0.25, -0.2) is 4.39 Å². The second kappa shape index (κ2) is 3.86. The summed E-state index contributed by atoms with van der Waals surface area (Å²) < 4.78 is 12.7. The van der Waals surface area contributed by atoms with Crippen molar-refractivity contribution in [3.63, 3.8) is 0 Å². The highest BCUT2D eigenvalue weighted by atomic mass is 19.1. The molecular formula is C9H11FO. The topological polar surface area (TPSA) is 17.1 Å². The van der Waals surface area contributed by atoms with Gasteiger partial charge in [-0.2, -0.15) is 0 Å². The lowest BCUT2D eigenvalue weighted by Gasteiger charge is -1.94. The first-order chi connectivity index (χ1) is 4.95. The van der Waals surface area contributed by atoms with Crippen LogP contribution in [0.15, 0.2) is 36.2 Å². The molecule has 0 saturated carbocycles. The maximum atomic E-state index is 12.7. The SMILES string of the molecule is C=C(/C=C(/F)C(=C)C)C(C)=O. The zero-order chi connectivity index (χ0) is 9.02. The predicted molar refractivity (Wildman–Crippen MR) is 43.8 cm³/mol. The number of hydrogen-bond donors (Lipinski definition) is 0. The van der Waals surface area contributed by atoms with Crippen LogP contribution in [0.25, 0.3) is 0 Å². The summed E-state index contributed by atoms with van der Waals surface area (Å²) in [7, 11) is 0. The molecule has 0 heterocycles. The van der Waals surface area contributed by atoms with Gasteiger partial charge >= 0.3 is 0 Å². The lowest BCUT2D eigenvalue weighted by molar-refractivity contribution is -0.113. The second-order valence-corrected chi connectivity index (χ2v) is 2.35. The van der Waals surface area contributed by atoms with Crippen LogP contribution in [0, 0.1) is 0 Å². The van der Waals surface area contributed by atoms with Crippen LogP contribution in [-0.4, -0.2) is 5.78 Å². The number of ketones is 1. The third-order valence-electron chi connectivity index (χ3n) is 1.16. The van der Waals surface area contributed by atoms with Gasteiger partial charge in [-0.1, -0.05) is 13.2 Å². The Bertz CT molecular complexity index is 236. The largest absolute Gasteiger partial charge is 0.295 e. The molecule has 11 heavy (non-hydrogen) atoms. The molecule has 0 aromatic carbocycles. The molecule has 0 aliphatic heterocycles. The van der Waals surface area contributed by atoms with Gasteiger partial charge in [0.2, 0.25) is 0 Å². The van der Waals surface area contributed by atoms with Crippen LogP contribution in [0.4, 0.5) is 4.39 Å². The molecular weight excluding hydrogens is 143 g/mol. The van der Waals surface area contributed by atoms with E-state index >= 15 is 0 Å². The molecule has 0 unspecified atom stereocenters. The average Bonchev–Trinajstić information content (AvgIpc) is 1.87. The highest BCUT2D eigenvalue weighted by Gasteiger charge is 1.99. The predicted octanol–water partition coefficient (Wildman–Crippen LogP) is 2.56. The number of halogens is 1. The fourth-order valence-electron chi connectivity index (χ4n) is 0.378. The van der Waals surface area contributed by atoms with Crippen LogP contribution < -0.4 is 0 Å². The number of Topliss-reactive ketones (excluding diaryl/α,β-unsaturated/α-hetero) is 1. The summed E-state index contributed by atoms with van der Waals surface area (Å²) in [6.07, 6.45) is 1.09. The molecule has 0 aliphatic rings. The molecule has 0 amide bonds. The van der Waals surface area contributed by atoms with Gasteiger partial charge in [0.15, 0.2) is 5.78 Å². The Morgan fingerprint density at radius 3 is 2.09 bits per heavy atom. The molecule has 0 N–H and O–H groups in total. The molecule has 0 bridgehead atoms. The fourth-order valence-corrected chi connectivity index (χ4v) is 0.378. The standard InChI is InChI=1S/C9H11FO/c1-6(2)9(10)5-7(3)8(4)11/h5H,1,3H2,2,4H3/b9-5+. The molecule has 0 aromatic heterocycles. The van der Waals surface area contributed by atoms with Crippen molar-refractivity contribution < 1.29 is 9.18 Å². The highest BCUT2D eigenvalue weighted by Crippen LogP contribution is 2.10. The summed E-state index contributed by atoms with van der Waals surface area (Å²) in [5.41, 5.74) is 0.456. The van der Waals surface area contributed by atoms with E-state index in [4.69, 9.17) is 0 Å². The first-order valence-electron chi connectivity index (χ1n) is 3.18. The number of allylic oxidation sites excluding steroid dienone is 4. The van der Waals surface area contributed by atoms with Crippen LogP contribution in [0.3, 0.4) is 0 Å². The van der Waals surface area contributed by atoms with E-state index in [9.17, 15) is 9.18 Å². The smallest absolute Gasteiger partial charge is 0.159 e. The molecule has 0 fully saturated rings. The molecule has 0 aromatic rings. The van der Waals surface area contributed by atoms with Crippen LogP contribution in [-0.2, 0) is 4.79 Å². The third-order valence-corrected chi connectivity index (χ3v) is 1.16. The van der Waals surface area contributed by atoms with Crippen LogP contribution in [0.2, 0.25) is 0 Å². The summed E-state index contributed by atoms with van der Waals surface area (Å²) in [4.78, 5) is 10.6. The highest BCUT2D eigenvalue weighted by molar-refractivity contribution is 5.95. The molecule has 0 aliphatic carbocycles. The minimum atomic E-state index is -0.495. The van der Waals surface area contributed by atoms with Gasteiger partial charge in [0, 0.05) is 5.57 Å². The maximum absolute atomic E-state index is 12.7. The first-order valence-corrected chi connectivity index (χ1v) is 3.18. The second-order valence-electron chi connectivity index (χ2n) is 2.35. The van der Waals surface area contributed by atoms with Crippen LogP contribution >= 0.6 is 0 Å². The Kier molecular flexibility index (Phi) is 3.45. The molecule has 0 rings (SSSR count). The molecule has 60 valence electrons. The van der Waals surface area contributed by atoms with E-state index in [-0.39, 0.29) is 11.4 Å². The Balaban J connectivity index is 4.44. The minimum Gasteiger partial charge on any atom is -0.295 e. The van der Waals surface area contributed by atoms with Gasteiger partial charge in [0.1, 0.15) is 5.83 Å². The van der Waals surface area contributed by atoms with Crippen molar-refractivity contribution in [3.8, 4) is 0 Å². The summed E-state index contributed by atoms with van der Waals surface area (Å²) in [5, 5.41) is 0.